The minimum absolute atomic E-state index is 0.918. The molecular formula is C8H13N2+. The van der Waals surface area contributed by atoms with Gasteiger partial charge in [-0.05, 0) is 6.92 Å². The minimum atomic E-state index is 0.918. The Kier molecular flexibility index (Phi) is 2.26. The summed E-state index contributed by atoms with van der Waals surface area (Å²) in [4.78, 5) is 3.15. The van der Waals surface area contributed by atoms with Gasteiger partial charge in [0, 0.05) is 0 Å². The van der Waals surface area contributed by atoms with E-state index >= 15 is 0 Å². The third-order valence-electron chi connectivity index (χ3n) is 1.53. The van der Waals surface area contributed by atoms with Crippen molar-refractivity contribution in [3.63, 3.8) is 0 Å². The molecule has 0 saturated carbocycles. The number of allylic oxidation sites excluding steroid dienone is 1. The van der Waals surface area contributed by atoms with Crippen molar-refractivity contribution in [2.24, 2.45) is 0 Å². The van der Waals surface area contributed by atoms with E-state index in [-0.39, 0.29) is 0 Å². The van der Waals surface area contributed by atoms with Gasteiger partial charge < -0.3 is 0 Å². The number of aromatic amines is 1. The second kappa shape index (κ2) is 3.20. The number of nitrogens with one attached hydrogen (secondary N) is 1. The smallest absolute Gasteiger partial charge is 0.247 e. The molecule has 0 aliphatic heterocycles. The first-order chi connectivity index (χ1) is 4.88. The van der Waals surface area contributed by atoms with E-state index in [1.165, 1.54) is 5.82 Å². The first-order valence-electron chi connectivity index (χ1n) is 3.55. The van der Waals surface area contributed by atoms with Crippen LogP contribution in [-0.2, 0) is 13.0 Å². The average molecular weight is 137 g/mol. The van der Waals surface area contributed by atoms with Crippen LogP contribution in [0.1, 0.15) is 12.7 Å². The molecule has 0 unspecified atom stereocenters. The number of H-pyrrole nitrogens is 1. The molecule has 1 aromatic heterocycles. The van der Waals surface area contributed by atoms with Crippen molar-refractivity contribution in [2.45, 2.75) is 19.9 Å². The van der Waals surface area contributed by atoms with Gasteiger partial charge in [-0.3, -0.25) is 0 Å². The summed E-state index contributed by atoms with van der Waals surface area (Å²) < 4.78 is 2.17. The molecule has 0 aliphatic rings. The Hall–Kier alpha value is -1.05. The summed E-state index contributed by atoms with van der Waals surface area (Å²) in [5.74, 6) is 1.22. The van der Waals surface area contributed by atoms with E-state index in [1.807, 2.05) is 18.5 Å². The van der Waals surface area contributed by atoms with Crippen molar-refractivity contribution in [1.82, 2.24) is 4.98 Å². The zero-order valence-corrected chi connectivity index (χ0v) is 6.30. The van der Waals surface area contributed by atoms with Crippen molar-refractivity contribution in [1.29, 1.82) is 0 Å². The Morgan fingerprint density at radius 1 is 1.80 bits per heavy atom. The standard InChI is InChI=1S/C8H12N2/c1-3-5-8-9-6-7-10(8)4-2/h3,6-7H,1,4-5H2,2H3/p+1. The first-order valence-corrected chi connectivity index (χ1v) is 3.55. The van der Waals surface area contributed by atoms with E-state index in [2.05, 4.69) is 23.1 Å². The van der Waals surface area contributed by atoms with Crippen LogP contribution in [0.4, 0.5) is 0 Å². The first kappa shape index (κ1) is 7.06. The number of hydrogen-bond acceptors (Lipinski definition) is 0. The lowest BCUT2D eigenvalue weighted by Gasteiger charge is -1.91. The number of rotatable bonds is 3. The summed E-state index contributed by atoms with van der Waals surface area (Å²) in [5, 5.41) is 0. The minimum Gasteiger partial charge on any atom is -0.247 e. The van der Waals surface area contributed by atoms with Gasteiger partial charge in [0.1, 0.15) is 12.4 Å². The molecule has 54 valence electrons. The van der Waals surface area contributed by atoms with Crippen LogP contribution in [0.5, 0.6) is 0 Å². The Morgan fingerprint density at radius 2 is 2.60 bits per heavy atom. The summed E-state index contributed by atoms with van der Waals surface area (Å²) >= 11 is 0. The molecule has 1 rings (SSSR count). The van der Waals surface area contributed by atoms with Crippen molar-refractivity contribution < 1.29 is 4.57 Å². The molecule has 0 fully saturated rings. The van der Waals surface area contributed by atoms with Crippen LogP contribution in [0, 0.1) is 0 Å². The molecule has 2 heteroatoms. The van der Waals surface area contributed by atoms with Crippen molar-refractivity contribution in [3.05, 3.63) is 30.9 Å². The van der Waals surface area contributed by atoms with E-state index in [1.54, 1.807) is 0 Å². The molecule has 0 atom stereocenters. The summed E-state index contributed by atoms with van der Waals surface area (Å²) in [5.41, 5.74) is 0. The summed E-state index contributed by atoms with van der Waals surface area (Å²) in [6.45, 7) is 6.82. The number of hydrogen-bond donors (Lipinski definition) is 1. The molecule has 10 heavy (non-hydrogen) atoms. The van der Waals surface area contributed by atoms with Gasteiger partial charge in [0.05, 0.1) is 13.0 Å². The van der Waals surface area contributed by atoms with E-state index in [0.29, 0.717) is 0 Å². The lowest BCUT2D eigenvalue weighted by atomic mass is 10.4. The fourth-order valence-electron chi connectivity index (χ4n) is 1.01. The zero-order valence-electron chi connectivity index (χ0n) is 6.30. The predicted molar refractivity (Wildman–Crippen MR) is 40.6 cm³/mol. The van der Waals surface area contributed by atoms with Crippen molar-refractivity contribution in [2.75, 3.05) is 0 Å². The number of nitrogens with zero attached hydrogens (tertiary/aromatic N) is 1. The maximum Gasteiger partial charge on any atom is 0.258 e. The van der Waals surface area contributed by atoms with Crippen LogP contribution in [0.3, 0.4) is 0 Å². The number of aryl methyl sites for hydroxylation is 1. The molecule has 1 aromatic rings. The summed E-state index contributed by atoms with van der Waals surface area (Å²) in [7, 11) is 0. The predicted octanol–water partition coefficient (Wildman–Crippen LogP) is 1.05. The van der Waals surface area contributed by atoms with Gasteiger partial charge >= 0.3 is 0 Å². The third-order valence-corrected chi connectivity index (χ3v) is 1.53. The molecular weight excluding hydrogens is 124 g/mol. The van der Waals surface area contributed by atoms with Gasteiger partial charge in [-0.1, -0.05) is 6.08 Å². The zero-order chi connectivity index (χ0) is 7.40. The monoisotopic (exact) mass is 137 g/mol. The topological polar surface area (TPSA) is 19.7 Å². The maximum absolute atomic E-state index is 3.68. The van der Waals surface area contributed by atoms with Crippen LogP contribution in [0.25, 0.3) is 0 Å². The van der Waals surface area contributed by atoms with Crippen molar-refractivity contribution in [3.8, 4) is 0 Å². The second-order valence-electron chi connectivity index (χ2n) is 2.19. The molecule has 0 aliphatic carbocycles. The summed E-state index contributed by atoms with van der Waals surface area (Å²) in [6, 6.07) is 0. The van der Waals surface area contributed by atoms with Crippen LogP contribution in [-0.4, -0.2) is 4.98 Å². The highest BCUT2D eigenvalue weighted by molar-refractivity contribution is 4.85. The lowest BCUT2D eigenvalue weighted by Crippen LogP contribution is -2.34. The van der Waals surface area contributed by atoms with E-state index in [4.69, 9.17) is 0 Å². The SMILES string of the molecule is C=CCc1[nH]cc[n+]1CC. The molecule has 0 radical (unpaired) electrons. The van der Waals surface area contributed by atoms with Gasteiger partial charge in [0.15, 0.2) is 0 Å². The number of aromatic nitrogens is 2. The number of imidazole rings is 1. The molecule has 0 saturated heterocycles. The van der Waals surface area contributed by atoms with Crippen LogP contribution in [0.2, 0.25) is 0 Å². The van der Waals surface area contributed by atoms with Crippen LogP contribution >= 0.6 is 0 Å². The molecule has 0 amide bonds. The molecule has 2 nitrogen and oxygen atoms in total. The Bertz CT molecular complexity index is 213. The van der Waals surface area contributed by atoms with Gasteiger partial charge in [0.25, 0.3) is 5.82 Å². The van der Waals surface area contributed by atoms with Gasteiger partial charge in [0.2, 0.25) is 0 Å². The van der Waals surface area contributed by atoms with Crippen LogP contribution in [0.15, 0.2) is 25.0 Å². The lowest BCUT2D eigenvalue weighted by molar-refractivity contribution is -0.699. The quantitative estimate of drug-likeness (QED) is 0.474. The largest absolute Gasteiger partial charge is 0.258 e. The highest BCUT2D eigenvalue weighted by Gasteiger charge is 2.04. The molecule has 0 bridgehead atoms. The Morgan fingerprint density at radius 3 is 3.20 bits per heavy atom. The van der Waals surface area contributed by atoms with E-state index < -0.39 is 0 Å². The van der Waals surface area contributed by atoms with Gasteiger partial charge in [-0.15, -0.1) is 6.58 Å². The summed E-state index contributed by atoms with van der Waals surface area (Å²) in [6.07, 6.45) is 6.81. The van der Waals surface area contributed by atoms with Crippen molar-refractivity contribution >= 4 is 0 Å². The van der Waals surface area contributed by atoms with Gasteiger partial charge in [-0.2, -0.15) is 0 Å². The fourth-order valence-corrected chi connectivity index (χ4v) is 1.01. The second-order valence-corrected chi connectivity index (χ2v) is 2.19. The molecule has 1 N–H and O–H groups in total. The van der Waals surface area contributed by atoms with E-state index in [0.717, 1.165) is 13.0 Å². The normalized spacial score (nSPS) is 9.70. The molecule has 1 heterocycles. The average Bonchev–Trinajstić information content (AvgIpc) is 2.36. The maximum atomic E-state index is 3.68. The highest BCUT2D eigenvalue weighted by atomic mass is 15.0. The Labute approximate surface area is 61.2 Å². The van der Waals surface area contributed by atoms with Crippen LogP contribution < -0.4 is 4.57 Å². The van der Waals surface area contributed by atoms with Gasteiger partial charge in [-0.25, -0.2) is 9.55 Å². The van der Waals surface area contributed by atoms with E-state index in [9.17, 15) is 0 Å². The molecule has 0 spiro atoms. The Balaban J connectivity index is 2.79. The molecule has 0 aromatic carbocycles. The third kappa shape index (κ3) is 1.26. The fraction of sp³-hybridized carbons (Fsp3) is 0.375. The highest BCUT2D eigenvalue weighted by Crippen LogP contribution is 1.87.